The van der Waals surface area contributed by atoms with Gasteiger partial charge in [0.2, 0.25) is 5.91 Å². The first kappa shape index (κ1) is 18.4. The largest absolute Gasteiger partial charge is 0.380 e. The first-order valence-corrected chi connectivity index (χ1v) is 8.39. The number of nitrogens with zero attached hydrogens (tertiary/aromatic N) is 1. The minimum Gasteiger partial charge on any atom is -0.380 e. The number of fused-ring (bicyclic) bond motifs is 1. The van der Waals surface area contributed by atoms with E-state index in [1.807, 2.05) is 6.07 Å². The average Bonchev–Trinajstić information content (AvgIpc) is 2.81. The fourth-order valence-electron chi connectivity index (χ4n) is 2.68. The van der Waals surface area contributed by atoms with E-state index in [0.717, 1.165) is 10.5 Å². The fourth-order valence-corrected chi connectivity index (χ4v) is 3.00. The second-order valence-corrected chi connectivity index (χ2v) is 6.50. The first-order valence-electron chi connectivity index (χ1n) is 7.63. The monoisotopic (exact) mass is 392 g/mol. The van der Waals surface area contributed by atoms with Gasteiger partial charge >= 0.3 is 0 Å². The van der Waals surface area contributed by atoms with Crippen molar-refractivity contribution in [1.29, 1.82) is 0 Å². The molecule has 0 aromatic heterocycles. The molecule has 0 spiro atoms. The van der Waals surface area contributed by atoms with Crippen LogP contribution in [-0.2, 0) is 16.1 Å². The second-order valence-electron chi connectivity index (χ2n) is 5.69. The molecule has 0 saturated carbocycles. The van der Waals surface area contributed by atoms with Gasteiger partial charge in [-0.1, -0.05) is 35.3 Å². The molecule has 0 bridgehead atoms. The van der Waals surface area contributed by atoms with E-state index in [2.05, 4.69) is 5.32 Å². The van der Waals surface area contributed by atoms with Crippen molar-refractivity contribution in [3.05, 3.63) is 63.1 Å². The number of imide groups is 1. The van der Waals surface area contributed by atoms with E-state index in [9.17, 15) is 14.4 Å². The van der Waals surface area contributed by atoms with Gasteiger partial charge in [-0.05, 0) is 29.8 Å². The normalized spacial score (nSPS) is 13.1. The van der Waals surface area contributed by atoms with E-state index in [-0.39, 0.29) is 21.2 Å². The van der Waals surface area contributed by atoms with E-state index in [0.29, 0.717) is 12.3 Å². The van der Waals surface area contributed by atoms with Gasteiger partial charge in [-0.25, -0.2) is 0 Å². The first-order chi connectivity index (χ1) is 12.4. The molecular formula is C18H14Cl2N2O4. The average molecular weight is 393 g/mol. The summed E-state index contributed by atoms with van der Waals surface area (Å²) < 4.78 is 5.05. The smallest absolute Gasteiger partial charge is 0.262 e. The summed E-state index contributed by atoms with van der Waals surface area (Å²) in [6.07, 6.45) is 0. The minimum absolute atomic E-state index is 0.138. The zero-order chi connectivity index (χ0) is 18.8. The molecule has 26 heavy (non-hydrogen) atoms. The predicted molar refractivity (Wildman–Crippen MR) is 97.6 cm³/mol. The van der Waals surface area contributed by atoms with E-state index in [1.165, 1.54) is 12.1 Å². The number of rotatable bonds is 5. The molecule has 2 aromatic carbocycles. The second kappa shape index (κ2) is 7.45. The number of carbonyl (C=O) groups excluding carboxylic acids is 3. The van der Waals surface area contributed by atoms with E-state index >= 15 is 0 Å². The molecule has 3 amide bonds. The quantitative estimate of drug-likeness (QED) is 0.791. The third-order valence-corrected chi connectivity index (χ3v) is 4.56. The maximum absolute atomic E-state index is 12.4. The number of carbonyl (C=O) groups is 3. The molecule has 0 fully saturated rings. The Morgan fingerprint density at radius 3 is 2.27 bits per heavy atom. The van der Waals surface area contributed by atoms with Gasteiger partial charge in [0.25, 0.3) is 11.8 Å². The number of amides is 3. The Morgan fingerprint density at radius 1 is 1.08 bits per heavy atom. The van der Waals surface area contributed by atoms with Crippen LogP contribution in [0, 0.1) is 0 Å². The number of benzene rings is 2. The van der Waals surface area contributed by atoms with Crippen molar-refractivity contribution in [2.75, 3.05) is 19.0 Å². The summed E-state index contributed by atoms with van der Waals surface area (Å²) in [6, 6.07) is 9.77. The number of methoxy groups -OCH3 is 1. The molecule has 2 aromatic rings. The van der Waals surface area contributed by atoms with E-state index in [1.54, 1.807) is 25.3 Å². The number of anilines is 1. The molecule has 0 atom stereocenters. The standard InChI is InChI=1S/C18H14Cl2N2O4/c1-26-9-10-3-2-4-11(5-10)21-16(23)8-22-17(24)12-6-14(19)15(20)7-13(12)18(22)25/h2-7H,8-9H2,1H3,(H,21,23). The van der Waals surface area contributed by atoms with Crippen LogP contribution < -0.4 is 5.32 Å². The summed E-state index contributed by atoms with van der Waals surface area (Å²) in [7, 11) is 1.58. The molecule has 1 aliphatic heterocycles. The highest BCUT2D eigenvalue weighted by molar-refractivity contribution is 6.43. The Kier molecular flexibility index (Phi) is 5.27. The zero-order valence-corrected chi connectivity index (χ0v) is 15.2. The van der Waals surface area contributed by atoms with Crippen molar-refractivity contribution >= 4 is 46.6 Å². The van der Waals surface area contributed by atoms with E-state index < -0.39 is 24.3 Å². The van der Waals surface area contributed by atoms with Crippen molar-refractivity contribution < 1.29 is 19.1 Å². The van der Waals surface area contributed by atoms with Gasteiger partial charge < -0.3 is 10.1 Å². The summed E-state index contributed by atoms with van der Waals surface area (Å²) in [5.41, 5.74) is 1.71. The topological polar surface area (TPSA) is 75.7 Å². The fraction of sp³-hybridized carbons (Fsp3) is 0.167. The van der Waals surface area contributed by atoms with Crippen LogP contribution in [0.2, 0.25) is 10.0 Å². The third-order valence-electron chi connectivity index (χ3n) is 3.84. The van der Waals surface area contributed by atoms with Crippen molar-refractivity contribution in [3.8, 4) is 0 Å². The van der Waals surface area contributed by atoms with Gasteiger partial charge in [-0.15, -0.1) is 0 Å². The summed E-state index contributed by atoms with van der Waals surface area (Å²) in [5, 5.41) is 3.01. The number of nitrogens with one attached hydrogen (secondary N) is 1. The van der Waals surface area contributed by atoms with Crippen LogP contribution in [0.4, 0.5) is 5.69 Å². The van der Waals surface area contributed by atoms with Gasteiger partial charge in [0.1, 0.15) is 6.54 Å². The number of halogens is 2. The van der Waals surface area contributed by atoms with Crippen molar-refractivity contribution in [2.24, 2.45) is 0 Å². The van der Waals surface area contributed by atoms with Crippen LogP contribution in [0.3, 0.4) is 0 Å². The van der Waals surface area contributed by atoms with Crippen molar-refractivity contribution in [1.82, 2.24) is 4.90 Å². The van der Waals surface area contributed by atoms with Crippen molar-refractivity contribution in [2.45, 2.75) is 6.61 Å². The van der Waals surface area contributed by atoms with Gasteiger partial charge in [0.05, 0.1) is 27.8 Å². The Hall–Kier alpha value is -2.41. The molecule has 0 radical (unpaired) electrons. The van der Waals surface area contributed by atoms with Crippen LogP contribution >= 0.6 is 23.2 Å². The van der Waals surface area contributed by atoms with Gasteiger partial charge in [-0.3, -0.25) is 19.3 Å². The third kappa shape index (κ3) is 3.58. The highest BCUT2D eigenvalue weighted by Gasteiger charge is 2.37. The minimum atomic E-state index is -0.577. The van der Waals surface area contributed by atoms with E-state index in [4.69, 9.17) is 27.9 Å². The molecule has 6 nitrogen and oxygen atoms in total. The van der Waals surface area contributed by atoms with Crippen LogP contribution in [-0.4, -0.2) is 36.3 Å². The SMILES string of the molecule is COCc1cccc(NC(=O)CN2C(=O)c3cc(Cl)c(Cl)cc3C2=O)c1. The van der Waals surface area contributed by atoms with Crippen LogP contribution in [0.1, 0.15) is 26.3 Å². The molecule has 134 valence electrons. The van der Waals surface area contributed by atoms with Gasteiger partial charge in [-0.2, -0.15) is 0 Å². The Bertz CT molecular complexity index is 873. The Balaban J connectivity index is 1.73. The summed E-state index contributed by atoms with van der Waals surface area (Å²) >= 11 is 11.8. The maximum atomic E-state index is 12.4. The number of ether oxygens (including phenoxy) is 1. The molecule has 1 aliphatic rings. The molecular weight excluding hydrogens is 379 g/mol. The lowest BCUT2D eigenvalue weighted by Crippen LogP contribution is -2.37. The molecule has 0 unspecified atom stereocenters. The molecule has 0 aliphatic carbocycles. The Morgan fingerprint density at radius 2 is 1.69 bits per heavy atom. The van der Waals surface area contributed by atoms with Crippen molar-refractivity contribution in [3.63, 3.8) is 0 Å². The van der Waals surface area contributed by atoms with Crippen LogP contribution in [0.15, 0.2) is 36.4 Å². The van der Waals surface area contributed by atoms with Crippen LogP contribution in [0.5, 0.6) is 0 Å². The maximum Gasteiger partial charge on any atom is 0.262 e. The number of hydrogen-bond acceptors (Lipinski definition) is 4. The summed E-state index contributed by atoms with van der Waals surface area (Å²) in [5.74, 6) is -1.65. The molecule has 1 heterocycles. The lowest BCUT2D eigenvalue weighted by Gasteiger charge is -2.14. The molecule has 8 heteroatoms. The lowest BCUT2D eigenvalue weighted by atomic mass is 10.1. The summed E-state index contributed by atoms with van der Waals surface area (Å²) in [4.78, 5) is 37.9. The summed E-state index contributed by atoms with van der Waals surface area (Å²) in [6.45, 7) is -0.000272. The Labute approximate surface area is 159 Å². The van der Waals surface area contributed by atoms with Gasteiger partial charge in [0, 0.05) is 12.8 Å². The lowest BCUT2D eigenvalue weighted by molar-refractivity contribution is -0.116. The molecule has 1 N–H and O–H groups in total. The highest BCUT2D eigenvalue weighted by Crippen LogP contribution is 2.31. The van der Waals surface area contributed by atoms with Crippen LogP contribution in [0.25, 0.3) is 0 Å². The molecule has 0 saturated heterocycles. The predicted octanol–water partition coefficient (Wildman–Crippen LogP) is 3.37. The zero-order valence-electron chi connectivity index (χ0n) is 13.7. The van der Waals surface area contributed by atoms with Gasteiger partial charge in [0.15, 0.2) is 0 Å². The molecule has 3 rings (SSSR count). The highest BCUT2D eigenvalue weighted by atomic mass is 35.5. The number of hydrogen-bond donors (Lipinski definition) is 1.